The van der Waals surface area contributed by atoms with Gasteiger partial charge in [-0.05, 0) is 47.6 Å². The van der Waals surface area contributed by atoms with Crippen molar-refractivity contribution in [3.8, 4) is 5.75 Å². The van der Waals surface area contributed by atoms with E-state index in [1.807, 2.05) is 18.2 Å². The summed E-state index contributed by atoms with van der Waals surface area (Å²) in [5.74, 6) is 0.197. The molecule has 3 rings (SSSR count). The molecule has 0 amide bonds. The van der Waals surface area contributed by atoms with Crippen LogP contribution in [0.15, 0.2) is 42.5 Å². The van der Waals surface area contributed by atoms with Crippen molar-refractivity contribution >= 4 is 23.4 Å². The van der Waals surface area contributed by atoms with Gasteiger partial charge in [0.25, 0.3) is 0 Å². The van der Waals surface area contributed by atoms with Gasteiger partial charge in [-0.15, -0.1) is 11.8 Å². The largest absolute Gasteiger partial charge is 0.508 e. The molecule has 0 unspecified atom stereocenters. The highest BCUT2D eigenvalue weighted by atomic mass is 35.5. The summed E-state index contributed by atoms with van der Waals surface area (Å²) in [6.07, 6.45) is -2.12. The van der Waals surface area contributed by atoms with Crippen molar-refractivity contribution in [2.75, 3.05) is 6.26 Å². The fraction of sp³-hybridized carbons (Fsp3) is 0.368. The van der Waals surface area contributed by atoms with Crippen LogP contribution in [0.2, 0.25) is 5.02 Å². The van der Waals surface area contributed by atoms with Crippen LogP contribution in [0.5, 0.6) is 5.75 Å². The Morgan fingerprint density at radius 1 is 1.00 bits per heavy atom. The summed E-state index contributed by atoms with van der Waals surface area (Å²) in [4.78, 5) is 0. The first-order valence-corrected chi connectivity index (χ1v) is 9.86. The second-order valence-corrected chi connectivity index (χ2v) is 7.67. The first-order valence-electron chi connectivity index (χ1n) is 8.19. The van der Waals surface area contributed by atoms with Crippen LogP contribution >= 0.6 is 23.4 Å². The molecule has 26 heavy (non-hydrogen) atoms. The van der Waals surface area contributed by atoms with Gasteiger partial charge in [0.05, 0.1) is 0 Å². The molecule has 7 heteroatoms. The van der Waals surface area contributed by atoms with E-state index in [0.717, 1.165) is 11.1 Å². The number of thioether (sulfide) groups is 1. The van der Waals surface area contributed by atoms with Crippen LogP contribution in [0.4, 0.5) is 0 Å². The zero-order valence-corrected chi connectivity index (χ0v) is 15.7. The average molecular weight is 397 g/mol. The lowest BCUT2D eigenvalue weighted by molar-refractivity contribution is -0.200. The third kappa shape index (κ3) is 4.01. The zero-order chi connectivity index (χ0) is 18.8. The number of hydrogen-bond acceptors (Lipinski definition) is 6. The molecule has 5 nitrogen and oxygen atoms in total. The lowest BCUT2D eigenvalue weighted by Crippen LogP contribution is -2.52. The van der Waals surface area contributed by atoms with Crippen LogP contribution in [-0.4, -0.2) is 50.4 Å². The maximum atomic E-state index is 10.4. The Kier molecular flexibility index (Phi) is 6.12. The average Bonchev–Trinajstić information content (AvgIpc) is 2.64. The van der Waals surface area contributed by atoms with Crippen LogP contribution < -0.4 is 0 Å². The lowest BCUT2D eigenvalue weighted by atomic mass is 9.92. The van der Waals surface area contributed by atoms with Crippen molar-refractivity contribution in [3.05, 3.63) is 64.2 Å². The Morgan fingerprint density at radius 3 is 2.35 bits per heavy atom. The number of phenols is 1. The van der Waals surface area contributed by atoms with Gasteiger partial charge in [0.1, 0.15) is 35.6 Å². The van der Waals surface area contributed by atoms with E-state index >= 15 is 0 Å². The SMILES string of the molecule is CS[C@H]1O[C@@H](c2ccc(Cl)c(Cc3ccc(O)cc3)c2)[C@H](O)[C@@H](O)[C@@H]1O. The number of hydrogen-bond donors (Lipinski definition) is 4. The highest BCUT2D eigenvalue weighted by Crippen LogP contribution is 2.37. The summed E-state index contributed by atoms with van der Waals surface area (Å²) >= 11 is 7.59. The molecule has 1 aliphatic rings. The minimum absolute atomic E-state index is 0.197. The maximum Gasteiger partial charge on any atom is 0.132 e. The van der Waals surface area contributed by atoms with Gasteiger partial charge in [-0.3, -0.25) is 0 Å². The van der Waals surface area contributed by atoms with Crippen molar-refractivity contribution < 1.29 is 25.2 Å². The van der Waals surface area contributed by atoms with Gasteiger partial charge in [0.15, 0.2) is 0 Å². The monoisotopic (exact) mass is 396 g/mol. The number of benzene rings is 2. The van der Waals surface area contributed by atoms with Gasteiger partial charge in [-0.2, -0.15) is 0 Å². The molecule has 1 heterocycles. The molecule has 1 fully saturated rings. The molecule has 4 N–H and O–H groups in total. The topological polar surface area (TPSA) is 90.2 Å². The third-order valence-corrected chi connectivity index (χ3v) is 5.75. The standard InChI is InChI=1S/C19H21ClO5S/c1-26-19-17(24)15(22)16(23)18(25-19)11-4-7-14(20)12(9-11)8-10-2-5-13(21)6-3-10/h2-7,9,15-19,21-24H,8H2,1H3/t15-,16-,17+,18+,19-/m1/s1. The van der Waals surface area contributed by atoms with Crippen molar-refractivity contribution in [2.24, 2.45) is 0 Å². The molecule has 140 valence electrons. The first-order chi connectivity index (χ1) is 12.4. The smallest absolute Gasteiger partial charge is 0.132 e. The maximum absolute atomic E-state index is 10.4. The summed E-state index contributed by atoms with van der Waals surface area (Å²) in [5, 5.41) is 40.4. The molecule has 0 aliphatic carbocycles. The van der Waals surface area contributed by atoms with E-state index in [4.69, 9.17) is 16.3 Å². The number of halogens is 1. The van der Waals surface area contributed by atoms with Gasteiger partial charge >= 0.3 is 0 Å². The molecule has 1 aliphatic heterocycles. The lowest BCUT2D eigenvalue weighted by Gasteiger charge is -2.40. The molecule has 2 aromatic rings. The molecular formula is C19H21ClO5S. The van der Waals surface area contributed by atoms with Crippen LogP contribution in [0.25, 0.3) is 0 Å². The van der Waals surface area contributed by atoms with Crippen molar-refractivity contribution in [1.29, 1.82) is 0 Å². The summed E-state index contributed by atoms with van der Waals surface area (Å²) in [6, 6.07) is 12.2. The van der Waals surface area contributed by atoms with Crippen LogP contribution in [-0.2, 0) is 11.2 Å². The minimum Gasteiger partial charge on any atom is -0.508 e. The Labute approximate surface area is 161 Å². The Balaban J connectivity index is 1.87. The van der Waals surface area contributed by atoms with Crippen molar-refractivity contribution in [3.63, 3.8) is 0 Å². The molecular weight excluding hydrogens is 376 g/mol. The normalized spacial score (nSPS) is 28.9. The van der Waals surface area contributed by atoms with Gasteiger partial charge in [0, 0.05) is 5.02 Å². The first kappa shape index (κ1) is 19.5. The third-order valence-electron chi connectivity index (χ3n) is 4.53. The van der Waals surface area contributed by atoms with E-state index in [-0.39, 0.29) is 5.75 Å². The summed E-state index contributed by atoms with van der Waals surface area (Å²) < 4.78 is 5.80. The Morgan fingerprint density at radius 2 is 1.69 bits per heavy atom. The van der Waals surface area contributed by atoms with E-state index in [1.54, 1.807) is 30.5 Å². The number of aliphatic hydroxyl groups excluding tert-OH is 3. The van der Waals surface area contributed by atoms with Gasteiger partial charge in [-0.1, -0.05) is 35.9 Å². The van der Waals surface area contributed by atoms with Crippen LogP contribution in [0.3, 0.4) is 0 Å². The van der Waals surface area contributed by atoms with Crippen LogP contribution in [0.1, 0.15) is 22.8 Å². The fourth-order valence-corrected chi connectivity index (χ4v) is 3.91. The van der Waals surface area contributed by atoms with Crippen molar-refractivity contribution in [2.45, 2.75) is 36.3 Å². The van der Waals surface area contributed by atoms with Gasteiger partial charge in [0.2, 0.25) is 0 Å². The highest BCUT2D eigenvalue weighted by Gasteiger charge is 2.44. The summed E-state index contributed by atoms with van der Waals surface area (Å²) in [7, 11) is 0. The van der Waals surface area contributed by atoms with E-state index in [2.05, 4.69) is 0 Å². The van der Waals surface area contributed by atoms with Gasteiger partial charge < -0.3 is 25.2 Å². The number of rotatable bonds is 4. The second kappa shape index (κ2) is 8.17. The van der Waals surface area contributed by atoms with Crippen LogP contribution in [0, 0.1) is 0 Å². The van der Waals surface area contributed by atoms with E-state index in [1.165, 1.54) is 11.8 Å². The second-order valence-electron chi connectivity index (χ2n) is 6.33. The van der Waals surface area contributed by atoms with Crippen molar-refractivity contribution in [1.82, 2.24) is 0 Å². The number of phenolic OH excluding ortho intramolecular Hbond substituents is 1. The molecule has 2 aromatic carbocycles. The molecule has 1 saturated heterocycles. The minimum atomic E-state index is -1.29. The van der Waals surface area contributed by atoms with E-state index in [9.17, 15) is 20.4 Å². The summed E-state index contributed by atoms with van der Waals surface area (Å²) in [5.41, 5.74) is 1.87. The van der Waals surface area contributed by atoms with E-state index < -0.39 is 29.9 Å². The predicted molar refractivity (Wildman–Crippen MR) is 102 cm³/mol. The quantitative estimate of drug-likeness (QED) is 0.634. The molecule has 0 bridgehead atoms. The Bertz CT molecular complexity index is 752. The molecule has 0 radical (unpaired) electrons. The predicted octanol–water partition coefficient (Wildman–Crippen LogP) is 2.48. The number of aromatic hydroxyl groups is 1. The molecule has 0 saturated carbocycles. The summed E-state index contributed by atoms with van der Waals surface area (Å²) in [6.45, 7) is 0. The van der Waals surface area contributed by atoms with E-state index in [0.29, 0.717) is 17.0 Å². The number of ether oxygens (including phenoxy) is 1. The molecule has 0 aromatic heterocycles. The zero-order valence-electron chi connectivity index (χ0n) is 14.1. The molecule has 0 spiro atoms. The highest BCUT2D eigenvalue weighted by molar-refractivity contribution is 7.99. The van der Waals surface area contributed by atoms with Gasteiger partial charge in [-0.25, -0.2) is 0 Å². The number of aliphatic hydroxyl groups is 3. The molecule has 5 atom stereocenters. The fourth-order valence-electron chi connectivity index (χ4n) is 3.06. The Hall–Kier alpha value is -1.28.